The fourth-order valence-corrected chi connectivity index (χ4v) is 1.20. The summed E-state index contributed by atoms with van der Waals surface area (Å²) in [4.78, 5) is 10.0. The van der Waals surface area contributed by atoms with Crippen molar-refractivity contribution in [1.29, 1.82) is 0 Å². The lowest BCUT2D eigenvalue weighted by molar-refractivity contribution is -0.385. The van der Waals surface area contributed by atoms with Gasteiger partial charge in [0.2, 0.25) is 0 Å². The van der Waals surface area contributed by atoms with Crippen molar-refractivity contribution in [3.8, 4) is 0 Å². The standard InChI is InChI=1S/C9H11FN2O2/c1-6(11-2)8-4-3-7(10)5-9(8)12(13)14/h3-6,11H,1-2H3/t6-/m0/s1. The van der Waals surface area contributed by atoms with E-state index >= 15 is 0 Å². The first-order valence-electron chi connectivity index (χ1n) is 4.17. The largest absolute Gasteiger partial charge is 0.313 e. The summed E-state index contributed by atoms with van der Waals surface area (Å²) < 4.78 is 12.8. The zero-order valence-electron chi connectivity index (χ0n) is 7.95. The number of nitro groups is 1. The van der Waals surface area contributed by atoms with Crippen LogP contribution in [0.3, 0.4) is 0 Å². The monoisotopic (exact) mass is 198 g/mol. The van der Waals surface area contributed by atoms with E-state index in [1.54, 1.807) is 14.0 Å². The molecule has 4 nitrogen and oxygen atoms in total. The van der Waals surface area contributed by atoms with Crippen molar-refractivity contribution in [3.63, 3.8) is 0 Å². The van der Waals surface area contributed by atoms with E-state index in [4.69, 9.17) is 0 Å². The minimum Gasteiger partial charge on any atom is -0.313 e. The van der Waals surface area contributed by atoms with Crippen LogP contribution in [0.15, 0.2) is 18.2 Å². The molecular formula is C9H11FN2O2. The second-order valence-corrected chi connectivity index (χ2v) is 2.97. The van der Waals surface area contributed by atoms with Crippen molar-refractivity contribution in [1.82, 2.24) is 5.32 Å². The molecule has 0 aliphatic carbocycles. The molecule has 1 aromatic rings. The molecule has 5 heteroatoms. The van der Waals surface area contributed by atoms with Crippen molar-refractivity contribution in [2.75, 3.05) is 7.05 Å². The first-order valence-corrected chi connectivity index (χ1v) is 4.17. The van der Waals surface area contributed by atoms with Gasteiger partial charge in [-0.25, -0.2) is 4.39 Å². The molecule has 0 aliphatic rings. The van der Waals surface area contributed by atoms with Crippen LogP contribution in [0, 0.1) is 15.9 Å². The number of hydrogen-bond acceptors (Lipinski definition) is 3. The first-order chi connectivity index (χ1) is 6.56. The molecule has 76 valence electrons. The second-order valence-electron chi connectivity index (χ2n) is 2.97. The Labute approximate surface area is 80.9 Å². The molecular weight excluding hydrogens is 187 g/mol. The van der Waals surface area contributed by atoms with Gasteiger partial charge in [0.05, 0.1) is 11.0 Å². The molecule has 1 aromatic carbocycles. The zero-order chi connectivity index (χ0) is 10.7. The average molecular weight is 198 g/mol. The van der Waals surface area contributed by atoms with Crippen LogP contribution in [-0.2, 0) is 0 Å². The summed E-state index contributed by atoms with van der Waals surface area (Å²) in [6.45, 7) is 1.78. The molecule has 0 bridgehead atoms. The molecule has 0 aromatic heterocycles. The van der Waals surface area contributed by atoms with Gasteiger partial charge in [-0.05, 0) is 26.1 Å². The summed E-state index contributed by atoms with van der Waals surface area (Å²) in [7, 11) is 1.69. The van der Waals surface area contributed by atoms with Crippen LogP contribution < -0.4 is 5.32 Å². The van der Waals surface area contributed by atoms with Crippen LogP contribution in [0.1, 0.15) is 18.5 Å². The number of nitrogens with zero attached hydrogens (tertiary/aromatic N) is 1. The summed E-state index contributed by atoms with van der Waals surface area (Å²) in [5.74, 6) is -0.594. The lowest BCUT2D eigenvalue weighted by Gasteiger charge is -2.10. The summed E-state index contributed by atoms with van der Waals surface area (Å²) >= 11 is 0. The highest BCUT2D eigenvalue weighted by Crippen LogP contribution is 2.25. The molecule has 0 saturated heterocycles. The summed E-state index contributed by atoms with van der Waals surface area (Å²) in [5.41, 5.74) is 0.297. The Morgan fingerprint density at radius 1 is 1.57 bits per heavy atom. The molecule has 0 saturated carbocycles. The van der Waals surface area contributed by atoms with E-state index in [1.165, 1.54) is 12.1 Å². The van der Waals surface area contributed by atoms with E-state index < -0.39 is 10.7 Å². The van der Waals surface area contributed by atoms with E-state index in [1.807, 2.05) is 0 Å². The molecule has 0 unspecified atom stereocenters. The quantitative estimate of drug-likeness (QED) is 0.597. The average Bonchev–Trinajstić information content (AvgIpc) is 2.16. The van der Waals surface area contributed by atoms with Crippen LogP contribution in [-0.4, -0.2) is 12.0 Å². The molecule has 14 heavy (non-hydrogen) atoms. The van der Waals surface area contributed by atoms with E-state index in [9.17, 15) is 14.5 Å². The second kappa shape index (κ2) is 4.15. The van der Waals surface area contributed by atoms with E-state index in [2.05, 4.69) is 5.32 Å². The summed E-state index contributed by atoms with van der Waals surface area (Å²) in [5, 5.41) is 13.5. The van der Waals surface area contributed by atoms with Crippen molar-refractivity contribution in [2.45, 2.75) is 13.0 Å². The molecule has 0 heterocycles. The highest BCUT2D eigenvalue weighted by atomic mass is 19.1. The highest BCUT2D eigenvalue weighted by Gasteiger charge is 2.18. The minimum atomic E-state index is -0.594. The third-order valence-corrected chi connectivity index (χ3v) is 2.09. The number of nitro benzene ring substituents is 1. The van der Waals surface area contributed by atoms with E-state index in [0.29, 0.717) is 5.56 Å². The Balaban J connectivity index is 3.21. The van der Waals surface area contributed by atoms with Gasteiger partial charge in [0.25, 0.3) is 5.69 Å². The fraction of sp³-hybridized carbons (Fsp3) is 0.333. The molecule has 1 N–H and O–H groups in total. The Bertz CT molecular complexity index is 355. The van der Waals surface area contributed by atoms with Crippen LogP contribution >= 0.6 is 0 Å². The Morgan fingerprint density at radius 3 is 2.71 bits per heavy atom. The van der Waals surface area contributed by atoms with Crippen LogP contribution in [0.5, 0.6) is 0 Å². The predicted octanol–water partition coefficient (Wildman–Crippen LogP) is 2.01. The third-order valence-electron chi connectivity index (χ3n) is 2.09. The van der Waals surface area contributed by atoms with Crippen molar-refractivity contribution in [3.05, 3.63) is 39.7 Å². The molecule has 0 spiro atoms. The number of benzene rings is 1. The smallest absolute Gasteiger partial charge is 0.277 e. The lowest BCUT2D eigenvalue weighted by Crippen LogP contribution is -2.14. The molecule has 0 fully saturated rings. The molecule has 1 atom stereocenters. The van der Waals surface area contributed by atoms with Crippen molar-refractivity contribution < 1.29 is 9.31 Å². The van der Waals surface area contributed by atoms with Crippen LogP contribution in [0.2, 0.25) is 0 Å². The third kappa shape index (κ3) is 2.05. The van der Waals surface area contributed by atoms with Gasteiger partial charge < -0.3 is 5.32 Å². The predicted molar refractivity (Wildman–Crippen MR) is 50.5 cm³/mol. The van der Waals surface area contributed by atoms with Crippen LogP contribution in [0.4, 0.5) is 10.1 Å². The molecule has 0 radical (unpaired) electrons. The van der Waals surface area contributed by atoms with Gasteiger partial charge in [-0.1, -0.05) is 0 Å². The maximum atomic E-state index is 12.8. The van der Waals surface area contributed by atoms with Crippen LogP contribution in [0.25, 0.3) is 0 Å². The lowest BCUT2D eigenvalue weighted by atomic mass is 10.1. The van der Waals surface area contributed by atoms with Crippen molar-refractivity contribution >= 4 is 5.69 Å². The normalized spacial score (nSPS) is 12.5. The SMILES string of the molecule is CN[C@@H](C)c1ccc(F)cc1[N+](=O)[O-]. The van der Waals surface area contributed by atoms with Gasteiger partial charge in [-0.3, -0.25) is 10.1 Å². The van der Waals surface area contributed by atoms with E-state index in [-0.39, 0.29) is 11.7 Å². The molecule has 0 aliphatic heterocycles. The Hall–Kier alpha value is -1.49. The molecule has 1 rings (SSSR count). The number of halogens is 1. The fourth-order valence-electron chi connectivity index (χ4n) is 1.20. The number of nitrogens with one attached hydrogen (secondary N) is 1. The van der Waals surface area contributed by atoms with Gasteiger partial charge in [0.1, 0.15) is 5.82 Å². The maximum Gasteiger partial charge on any atom is 0.277 e. The van der Waals surface area contributed by atoms with Gasteiger partial charge in [-0.2, -0.15) is 0 Å². The first kappa shape index (κ1) is 10.6. The van der Waals surface area contributed by atoms with Gasteiger partial charge in [-0.15, -0.1) is 0 Å². The summed E-state index contributed by atoms with van der Waals surface area (Å²) in [6.07, 6.45) is 0. The van der Waals surface area contributed by atoms with Gasteiger partial charge in [0, 0.05) is 11.6 Å². The zero-order valence-corrected chi connectivity index (χ0v) is 7.95. The summed E-state index contributed by atoms with van der Waals surface area (Å²) in [6, 6.07) is 3.41. The Morgan fingerprint density at radius 2 is 2.21 bits per heavy atom. The number of hydrogen-bond donors (Lipinski definition) is 1. The number of rotatable bonds is 3. The minimum absolute atomic E-state index is 0.170. The van der Waals surface area contributed by atoms with Crippen molar-refractivity contribution in [2.24, 2.45) is 0 Å². The molecule has 0 amide bonds. The van der Waals surface area contributed by atoms with Gasteiger partial charge in [0.15, 0.2) is 0 Å². The maximum absolute atomic E-state index is 12.8. The Kier molecular flexibility index (Phi) is 3.14. The van der Waals surface area contributed by atoms with Gasteiger partial charge >= 0.3 is 0 Å². The highest BCUT2D eigenvalue weighted by molar-refractivity contribution is 5.42. The van der Waals surface area contributed by atoms with E-state index in [0.717, 1.165) is 6.07 Å². The topological polar surface area (TPSA) is 55.2 Å².